The van der Waals surface area contributed by atoms with Crippen LogP contribution in [0, 0.1) is 0 Å². The number of ether oxygens (including phenoxy) is 2. The molecule has 2 N–H and O–H groups in total. The minimum Gasteiger partial charge on any atom is -0.497 e. The number of nitrogens with one attached hydrogen (secondary N) is 1. The van der Waals surface area contributed by atoms with Gasteiger partial charge >= 0.3 is 20.9 Å². The van der Waals surface area contributed by atoms with Crippen molar-refractivity contribution in [1.82, 2.24) is 5.32 Å². The summed E-state index contributed by atoms with van der Waals surface area (Å²) in [4.78, 5) is 23.8. The molecule has 0 spiro atoms. The van der Waals surface area contributed by atoms with Gasteiger partial charge in [-0.15, -0.1) is 0 Å². The summed E-state index contributed by atoms with van der Waals surface area (Å²) in [5.41, 5.74) is 3.35. The number of carbonyl (C=O) groups is 2. The fourth-order valence-electron chi connectivity index (χ4n) is 4.48. The molecule has 0 bridgehead atoms. The van der Waals surface area contributed by atoms with Gasteiger partial charge in [-0.2, -0.15) is 0 Å². The fraction of sp³-hybridized carbons (Fsp3) is 0.500. The van der Waals surface area contributed by atoms with Gasteiger partial charge < -0.3 is 33.2 Å². The first-order valence-corrected chi connectivity index (χ1v) is 16.8. The zero-order valence-corrected chi connectivity index (χ0v) is 26.5. The lowest BCUT2D eigenvalue weighted by molar-refractivity contribution is -0.132. The summed E-state index contributed by atoms with van der Waals surface area (Å²) in [7, 11) is -1.07. The average molecular weight is 602 g/mol. The maximum Gasteiger partial charge on any atom is 0.500 e. The van der Waals surface area contributed by atoms with E-state index in [2.05, 4.69) is 5.32 Å². The Bertz CT molecular complexity index is 1070. The van der Waals surface area contributed by atoms with Crippen molar-refractivity contribution >= 4 is 26.9 Å². The van der Waals surface area contributed by atoms with Gasteiger partial charge in [-0.05, 0) is 81.4 Å². The van der Waals surface area contributed by atoms with E-state index >= 15 is 0 Å². The number of hydrogen-bond acceptors (Lipinski definition) is 7. The molecule has 42 heavy (non-hydrogen) atoms. The highest BCUT2D eigenvalue weighted by atomic mass is 28.4. The van der Waals surface area contributed by atoms with Crippen LogP contribution in [-0.4, -0.2) is 66.1 Å². The van der Waals surface area contributed by atoms with Crippen LogP contribution in [0.1, 0.15) is 64.9 Å². The molecule has 0 aliphatic rings. The van der Waals surface area contributed by atoms with Gasteiger partial charge in [0.25, 0.3) is 0 Å². The Morgan fingerprint density at radius 3 is 1.93 bits per heavy atom. The molecule has 2 aromatic rings. The summed E-state index contributed by atoms with van der Waals surface area (Å²) in [6.07, 6.45) is 5.62. The second-order valence-electron chi connectivity index (χ2n) is 9.64. The van der Waals surface area contributed by atoms with Gasteiger partial charge in [0.05, 0.1) is 13.7 Å². The van der Waals surface area contributed by atoms with E-state index in [4.69, 9.17) is 22.8 Å². The molecule has 0 aliphatic heterocycles. The van der Waals surface area contributed by atoms with E-state index in [0.29, 0.717) is 57.4 Å². The highest BCUT2D eigenvalue weighted by Crippen LogP contribution is 2.24. The van der Waals surface area contributed by atoms with E-state index in [9.17, 15) is 14.7 Å². The van der Waals surface area contributed by atoms with Crippen molar-refractivity contribution < 1.29 is 37.4 Å². The summed E-state index contributed by atoms with van der Waals surface area (Å²) in [5.74, 6) is -0.102. The highest BCUT2D eigenvalue weighted by Gasteiger charge is 2.39. The Morgan fingerprint density at radius 1 is 0.810 bits per heavy atom. The largest absolute Gasteiger partial charge is 0.500 e. The zero-order valence-electron chi connectivity index (χ0n) is 25.5. The van der Waals surface area contributed by atoms with Gasteiger partial charge in [-0.1, -0.05) is 49.2 Å². The van der Waals surface area contributed by atoms with Crippen LogP contribution in [0.3, 0.4) is 0 Å². The number of unbranched alkanes of at least 4 members (excludes halogenated alkanes) is 3. The average Bonchev–Trinajstić information content (AvgIpc) is 2.99. The number of benzene rings is 2. The summed E-state index contributed by atoms with van der Waals surface area (Å²) in [6.45, 7) is 8.10. The van der Waals surface area contributed by atoms with Crippen LogP contribution >= 0.6 is 0 Å². The van der Waals surface area contributed by atoms with Crippen molar-refractivity contribution in [2.75, 3.05) is 40.1 Å². The first-order chi connectivity index (χ1) is 20.4. The lowest BCUT2D eigenvalue weighted by Crippen LogP contribution is -2.46. The third-order valence-corrected chi connectivity index (χ3v) is 9.70. The molecule has 9 nitrogen and oxygen atoms in total. The van der Waals surface area contributed by atoms with Crippen molar-refractivity contribution in [3.05, 3.63) is 59.7 Å². The van der Waals surface area contributed by atoms with Gasteiger partial charge in [0.2, 0.25) is 0 Å². The molecule has 0 saturated heterocycles. The zero-order chi connectivity index (χ0) is 30.6. The molecule has 0 heterocycles. The number of carboxylic acid groups (broad SMARTS) is 1. The monoisotopic (exact) mass is 601 g/mol. The van der Waals surface area contributed by atoms with Gasteiger partial charge in [0, 0.05) is 38.0 Å². The second kappa shape index (κ2) is 19.9. The number of aliphatic carboxylic acids is 1. The molecule has 10 heteroatoms. The first-order valence-electron chi connectivity index (χ1n) is 14.9. The Kier molecular flexibility index (Phi) is 16.5. The van der Waals surface area contributed by atoms with Gasteiger partial charge in [-0.3, -0.25) is 0 Å². The molecule has 1 amide bonds. The maximum absolute atomic E-state index is 12.0. The highest BCUT2D eigenvalue weighted by molar-refractivity contribution is 6.60. The number of amides is 1. The molecule has 0 saturated carbocycles. The molecular formula is C32H47NO8Si. The third-order valence-electron chi connectivity index (χ3n) is 6.55. The van der Waals surface area contributed by atoms with Crippen molar-refractivity contribution in [3.8, 4) is 16.9 Å². The molecule has 0 aromatic heterocycles. The quantitative estimate of drug-likeness (QED) is 0.0899. The number of rotatable bonds is 21. The number of hydrogen-bond donors (Lipinski definition) is 2. The Balaban J connectivity index is 1.66. The van der Waals surface area contributed by atoms with Crippen LogP contribution in [0.2, 0.25) is 6.04 Å². The SMILES string of the molecule is CCO[Si](CCCNC(=O)OCCCCCC/C(=C\c1ccc(-c2ccc(OC)cc2)cc1)C(=O)O)(OCC)OCC. The smallest absolute Gasteiger partial charge is 0.497 e. The molecule has 0 fully saturated rings. The van der Waals surface area contributed by atoms with Crippen molar-refractivity contribution in [1.29, 1.82) is 0 Å². The molecule has 0 atom stereocenters. The van der Waals surface area contributed by atoms with E-state index in [1.54, 1.807) is 13.2 Å². The topological polar surface area (TPSA) is 113 Å². The summed E-state index contributed by atoms with van der Waals surface area (Å²) in [5, 5.41) is 12.4. The minimum absolute atomic E-state index is 0.323. The standard InChI is InChI=1S/C32H47NO8Si/c1-5-39-42(40-6-2,41-7-3)24-12-22-33-32(36)38-23-11-9-8-10-13-29(31(34)35)25-26-14-16-27(17-15-26)28-18-20-30(37-4)21-19-28/h14-21,25H,5-13,22-24H2,1-4H3,(H,33,36)(H,34,35)/b29-25+. The normalized spacial score (nSPS) is 11.8. The van der Waals surface area contributed by atoms with Crippen molar-refractivity contribution in [2.45, 2.75) is 65.3 Å². The van der Waals surface area contributed by atoms with Gasteiger partial charge in [0.15, 0.2) is 0 Å². The fourth-order valence-corrected chi connectivity index (χ4v) is 7.09. The predicted molar refractivity (Wildman–Crippen MR) is 167 cm³/mol. The summed E-state index contributed by atoms with van der Waals surface area (Å²) >= 11 is 0. The molecule has 2 rings (SSSR count). The predicted octanol–water partition coefficient (Wildman–Crippen LogP) is 6.95. The van der Waals surface area contributed by atoms with Crippen molar-refractivity contribution in [3.63, 3.8) is 0 Å². The number of carboxylic acids is 1. The van der Waals surface area contributed by atoms with Crippen LogP contribution in [0.5, 0.6) is 5.75 Å². The molecule has 232 valence electrons. The number of alkyl carbamates (subject to hydrolysis) is 1. The van der Waals surface area contributed by atoms with E-state index in [0.717, 1.165) is 48.1 Å². The van der Waals surface area contributed by atoms with Crippen LogP contribution in [0.4, 0.5) is 4.79 Å². The van der Waals surface area contributed by atoms with Crippen LogP contribution in [0.15, 0.2) is 54.1 Å². The Morgan fingerprint density at radius 2 is 1.38 bits per heavy atom. The minimum atomic E-state index is -2.70. The van der Waals surface area contributed by atoms with E-state index in [-0.39, 0.29) is 0 Å². The van der Waals surface area contributed by atoms with Gasteiger partial charge in [-0.25, -0.2) is 9.59 Å². The maximum atomic E-state index is 12.0. The molecule has 0 radical (unpaired) electrons. The van der Waals surface area contributed by atoms with Crippen LogP contribution in [-0.2, 0) is 22.8 Å². The molecule has 0 aliphatic carbocycles. The van der Waals surface area contributed by atoms with Gasteiger partial charge in [0.1, 0.15) is 5.75 Å². The molecule has 0 unspecified atom stereocenters. The van der Waals surface area contributed by atoms with Crippen molar-refractivity contribution in [2.24, 2.45) is 0 Å². The lowest BCUT2D eigenvalue weighted by Gasteiger charge is -2.28. The number of carbonyl (C=O) groups excluding carboxylic acids is 1. The molecule has 2 aromatic carbocycles. The lowest BCUT2D eigenvalue weighted by atomic mass is 10.0. The number of methoxy groups -OCH3 is 1. The first kappa shape index (κ1) is 35.0. The van der Waals surface area contributed by atoms with Crippen LogP contribution < -0.4 is 10.1 Å². The van der Waals surface area contributed by atoms with Crippen LogP contribution in [0.25, 0.3) is 17.2 Å². The summed E-state index contributed by atoms with van der Waals surface area (Å²) < 4.78 is 27.9. The second-order valence-corrected chi connectivity index (χ2v) is 12.4. The third kappa shape index (κ3) is 12.8. The Labute approximate surface area is 251 Å². The van der Waals surface area contributed by atoms with E-state index in [1.165, 1.54) is 0 Å². The molecular weight excluding hydrogens is 554 g/mol. The summed E-state index contributed by atoms with van der Waals surface area (Å²) in [6, 6.07) is 16.3. The van der Waals surface area contributed by atoms with E-state index in [1.807, 2.05) is 69.3 Å². The van der Waals surface area contributed by atoms with E-state index < -0.39 is 20.9 Å². The Hall–Kier alpha value is -3.18.